The van der Waals surface area contributed by atoms with Gasteiger partial charge in [0.25, 0.3) is 0 Å². The van der Waals surface area contributed by atoms with Crippen LogP contribution in [0.15, 0.2) is 24.5 Å². The second-order valence-corrected chi connectivity index (χ2v) is 7.15. The van der Waals surface area contributed by atoms with Gasteiger partial charge in [-0.2, -0.15) is 0 Å². The lowest BCUT2D eigenvalue weighted by Crippen LogP contribution is -2.43. The number of ether oxygens (including phenoxy) is 2. The number of aryl methyl sites for hydroxylation is 1. The van der Waals surface area contributed by atoms with Crippen molar-refractivity contribution in [2.24, 2.45) is 0 Å². The third kappa shape index (κ3) is 3.08. The molecule has 1 saturated carbocycles. The summed E-state index contributed by atoms with van der Waals surface area (Å²) in [5, 5.41) is 10.5. The van der Waals surface area contributed by atoms with Gasteiger partial charge in [0, 0.05) is 18.9 Å². The summed E-state index contributed by atoms with van der Waals surface area (Å²) in [6, 6.07) is 4.29. The Hall–Kier alpha value is -1.57. The van der Waals surface area contributed by atoms with Crippen molar-refractivity contribution in [3.05, 3.63) is 35.1 Å². The van der Waals surface area contributed by atoms with Crippen molar-refractivity contribution in [2.45, 2.75) is 44.6 Å². The van der Waals surface area contributed by atoms with Gasteiger partial charge in [-0.05, 0) is 31.4 Å². The number of hydrogen-bond acceptors (Lipinski definition) is 7. The second kappa shape index (κ2) is 6.51. The van der Waals surface area contributed by atoms with Crippen molar-refractivity contribution in [1.29, 1.82) is 0 Å². The van der Waals surface area contributed by atoms with E-state index in [1.165, 1.54) is 0 Å². The van der Waals surface area contributed by atoms with Gasteiger partial charge >= 0.3 is 0 Å². The lowest BCUT2D eigenvalue weighted by Gasteiger charge is -2.30. The van der Waals surface area contributed by atoms with Crippen LogP contribution in [0, 0.1) is 6.92 Å². The highest BCUT2D eigenvalue weighted by Gasteiger charge is 2.44. The minimum absolute atomic E-state index is 0.0712. The average molecular weight is 332 g/mol. The van der Waals surface area contributed by atoms with Crippen LogP contribution in [0.3, 0.4) is 0 Å². The third-order valence-electron chi connectivity index (χ3n) is 4.48. The second-order valence-electron chi connectivity index (χ2n) is 5.99. The summed E-state index contributed by atoms with van der Waals surface area (Å²) in [4.78, 5) is 6.47. The summed E-state index contributed by atoms with van der Waals surface area (Å²) < 4.78 is 12.3. The number of fused-ring (bicyclic) bond motifs is 2. The van der Waals surface area contributed by atoms with E-state index in [2.05, 4.69) is 20.1 Å². The molecule has 0 N–H and O–H groups in total. The van der Waals surface area contributed by atoms with Gasteiger partial charge in [0.1, 0.15) is 11.1 Å². The highest BCUT2D eigenvalue weighted by molar-refractivity contribution is 7.15. The Bertz CT molecular complexity index is 651. The Morgan fingerprint density at radius 2 is 2.35 bits per heavy atom. The maximum Gasteiger partial charge on any atom is 0.208 e. The molecular formula is C16H20N4O2S. The average Bonchev–Trinajstić information content (AvgIpc) is 3.10. The Labute approximate surface area is 139 Å². The van der Waals surface area contributed by atoms with Crippen LogP contribution in [0.5, 0.6) is 0 Å². The molecule has 2 aliphatic rings. The Morgan fingerprint density at radius 3 is 3.13 bits per heavy atom. The van der Waals surface area contributed by atoms with Gasteiger partial charge in [0.2, 0.25) is 5.13 Å². The van der Waals surface area contributed by atoms with Crippen LogP contribution in [0.2, 0.25) is 0 Å². The van der Waals surface area contributed by atoms with E-state index >= 15 is 0 Å². The van der Waals surface area contributed by atoms with E-state index in [1.807, 2.05) is 25.3 Å². The first kappa shape index (κ1) is 15.0. The molecule has 2 fully saturated rings. The third-order valence-corrected chi connectivity index (χ3v) is 5.36. The van der Waals surface area contributed by atoms with Crippen molar-refractivity contribution in [3.8, 4) is 0 Å². The van der Waals surface area contributed by atoms with Crippen LogP contribution in [-0.2, 0) is 16.1 Å². The van der Waals surface area contributed by atoms with Crippen LogP contribution < -0.4 is 4.90 Å². The zero-order valence-electron chi connectivity index (χ0n) is 13.1. The van der Waals surface area contributed by atoms with Crippen molar-refractivity contribution < 1.29 is 9.47 Å². The molecule has 2 aromatic heterocycles. The highest BCUT2D eigenvalue weighted by atomic mass is 32.1. The molecule has 6 nitrogen and oxygen atoms in total. The Balaban J connectivity index is 1.51. The molecule has 2 bridgehead atoms. The lowest BCUT2D eigenvalue weighted by atomic mass is 10.1. The molecule has 1 aliphatic heterocycles. The molecule has 4 rings (SSSR count). The van der Waals surface area contributed by atoms with E-state index in [9.17, 15) is 0 Å². The normalized spacial score (nSPS) is 27.2. The number of nitrogens with zero attached hydrogens (tertiary/aromatic N) is 4. The molecule has 1 saturated heterocycles. The topological polar surface area (TPSA) is 60.4 Å². The Kier molecular flexibility index (Phi) is 4.24. The van der Waals surface area contributed by atoms with Crippen LogP contribution in [0.4, 0.5) is 5.13 Å². The van der Waals surface area contributed by atoms with Crippen molar-refractivity contribution in [1.82, 2.24) is 15.2 Å². The molecule has 0 amide bonds. The molecule has 122 valence electrons. The molecule has 1 aliphatic carbocycles. The monoisotopic (exact) mass is 332 g/mol. The first-order valence-electron chi connectivity index (χ1n) is 8.00. The summed E-state index contributed by atoms with van der Waals surface area (Å²) in [5.41, 5.74) is 1.09. The number of hydrogen-bond donors (Lipinski definition) is 0. The highest BCUT2D eigenvalue weighted by Crippen LogP contribution is 2.36. The maximum atomic E-state index is 6.24. The van der Waals surface area contributed by atoms with E-state index in [0.29, 0.717) is 19.3 Å². The van der Waals surface area contributed by atoms with Gasteiger partial charge in [-0.1, -0.05) is 17.4 Å². The van der Waals surface area contributed by atoms with Crippen LogP contribution >= 0.6 is 11.3 Å². The smallest absolute Gasteiger partial charge is 0.208 e. The summed E-state index contributed by atoms with van der Waals surface area (Å²) >= 11 is 1.64. The summed E-state index contributed by atoms with van der Waals surface area (Å²) in [6.45, 7) is 4.12. The first-order chi connectivity index (χ1) is 11.3. The predicted octanol–water partition coefficient (Wildman–Crippen LogP) is 2.19. The number of aromatic nitrogens is 3. The largest absolute Gasteiger partial charge is 0.374 e. The van der Waals surface area contributed by atoms with Gasteiger partial charge in [-0.25, -0.2) is 0 Å². The van der Waals surface area contributed by atoms with Gasteiger partial charge in [-0.15, -0.1) is 10.2 Å². The first-order valence-corrected chi connectivity index (χ1v) is 8.82. The van der Waals surface area contributed by atoms with Gasteiger partial charge < -0.3 is 14.4 Å². The van der Waals surface area contributed by atoms with E-state index in [-0.39, 0.29) is 12.2 Å². The summed E-state index contributed by atoms with van der Waals surface area (Å²) in [5.74, 6) is 0. The summed E-state index contributed by atoms with van der Waals surface area (Å²) in [6.07, 6.45) is 5.99. The van der Waals surface area contributed by atoms with E-state index < -0.39 is 0 Å². The molecule has 3 unspecified atom stereocenters. The standard InChI is InChI=1S/C16H20N4O2S/c1-11-18-19-16(23-11)20-7-8-21-14-5-4-13(20)15(14)22-10-12-3-2-6-17-9-12/h2-3,6,9,13-15H,4-5,7-8,10H2,1H3. The minimum atomic E-state index is 0.0712. The molecule has 0 aromatic carbocycles. The van der Waals surface area contributed by atoms with Crippen molar-refractivity contribution >= 4 is 16.5 Å². The SMILES string of the molecule is Cc1nnc(N2CCOC3CCC2C3OCc2cccnc2)s1. The fourth-order valence-electron chi connectivity index (χ4n) is 3.42. The quantitative estimate of drug-likeness (QED) is 0.855. The minimum Gasteiger partial charge on any atom is -0.374 e. The van der Waals surface area contributed by atoms with E-state index in [0.717, 1.165) is 35.1 Å². The Morgan fingerprint density at radius 1 is 1.39 bits per heavy atom. The predicted molar refractivity (Wildman–Crippen MR) is 87.6 cm³/mol. The molecule has 0 radical (unpaired) electrons. The van der Waals surface area contributed by atoms with Gasteiger partial charge in [0.15, 0.2) is 0 Å². The zero-order chi connectivity index (χ0) is 15.6. The number of anilines is 1. The zero-order valence-corrected chi connectivity index (χ0v) is 13.9. The fourth-order valence-corrected chi connectivity index (χ4v) is 4.20. The number of pyridine rings is 1. The molecule has 2 aromatic rings. The van der Waals surface area contributed by atoms with Crippen LogP contribution in [0.25, 0.3) is 0 Å². The van der Waals surface area contributed by atoms with E-state index in [4.69, 9.17) is 9.47 Å². The van der Waals surface area contributed by atoms with Crippen LogP contribution in [-0.4, -0.2) is 46.6 Å². The van der Waals surface area contributed by atoms with Gasteiger partial charge in [0.05, 0.1) is 25.4 Å². The van der Waals surface area contributed by atoms with E-state index in [1.54, 1.807) is 17.5 Å². The van der Waals surface area contributed by atoms with Crippen molar-refractivity contribution in [2.75, 3.05) is 18.1 Å². The summed E-state index contributed by atoms with van der Waals surface area (Å²) in [7, 11) is 0. The van der Waals surface area contributed by atoms with Gasteiger partial charge in [-0.3, -0.25) is 4.98 Å². The lowest BCUT2D eigenvalue weighted by molar-refractivity contribution is -0.0555. The maximum absolute atomic E-state index is 6.24. The molecule has 3 atom stereocenters. The molecule has 23 heavy (non-hydrogen) atoms. The van der Waals surface area contributed by atoms with Crippen molar-refractivity contribution in [3.63, 3.8) is 0 Å². The molecular weight excluding hydrogens is 312 g/mol. The molecule has 3 heterocycles. The number of rotatable bonds is 4. The molecule has 0 spiro atoms. The molecule has 7 heteroatoms. The fraction of sp³-hybridized carbons (Fsp3) is 0.562. The van der Waals surface area contributed by atoms with Crippen LogP contribution in [0.1, 0.15) is 23.4 Å².